The summed E-state index contributed by atoms with van der Waals surface area (Å²) in [6, 6.07) is 26.6. The van der Waals surface area contributed by atoms with Crippen LogP contribution in [0, 0.1) is 17.7 Å². The molecule has 9 heteroatoms. The molecule has 2 unspecified atom stereocenters. The number of nitrogens with one attached hydrogen (secondary N) is 1. The van der Waals surface area contributed by atoms with Crippen LogP contribution < -0.4 is 16.0 Å². The minimum atomic E-state index is -0.647. The number of thioether (sulfide) groups is 1. The molecule has 1 aromatic heterocycles. The molecule has 1 fully saturated rings. The molecule has 0 radical (unpaired) electrons. The Balaban J connectivity index is 1.34. The van der Waals surface area contributed by atoms with Gasteiger partial charge in [0.25, 0.3) is 0 Å². The van der Waals surface area contributed by atoms with Crippen molar-refractivity contribution in [3.05, 3.63) is 123 Å². The number of amides is 3. The molecule has 1 aliphatic rings. The molecule has 3 aromatic carbocycles. The normalized spacial score (nSPS) is 16.2. The molecule has 3 amide bonds. The van der Waals surface area contributed by atoms with Gasteiger partial charge in [-0.1, -0.05) is 54.3 Å². The van der Waals surface area contributed by atoms with Gasteiger partial charge in [0.1, 0.15) is 11.2 Å². The van der Waals surface area contributed by atoms with Gasteiger partial charge >= 0.3 is 0 Å². The minimum absolute atomic E-state index is 0.0324. The number of hydrogen-bond acceptors (Lipinski definition) is 5. The summed E-state index contributed by atoms with van der Waals surface area (Å²) in [5, 5.41) is 1.74. The number of carbonyl (C=O) groups is 3. The Morgan fingerprint density at radius 1 is 0.951 bits per heavy atom. The summed E-state index contributed by atoms with van der Waals surface area (Å²) < 4.78 is 13.9. The van der Waals surface area contributed by atoms with Crippen LogP contribution in [-0.4, -0.2) is 29.5 Å². The molecule has 5 rings (SSSR count). The summed E-state index contributed by atoms with van der Waals surface area (Å²) in [6.07, 6.45) is 0.316. The molecular formula is C32H26FN3O3S2. The van der Waals surface area contributed by atoms with E-state index < -0.39 is 16.5 Å². The first-order chi connectivity index (χ1) is 19.9. The molecule has 0 spiro atoms. The van der Waals surface area contributed by atoms with E-state index in [4.69, 9.17) is 5.73 Å². The van der Waals surface area contributed by atoms with Crippen molar-refractivity contribution in [3.8, 4) is 11.8 Å². The lowest BCUT2D eigenvalue weighted by molar-refractivity contribution is -0.124. The predicted octanol–water partition coefficient (Wildman–Crippen LogP) is 5.28. The van der Waals surface area contributed by atoms with E-state index in [1.807, 2.05) is 42.5 Å². The van der Waals surface area contributed by atoms with Crippen LogP contribution in [0.2, 0.25) is 0 Å². The summed E-state index contributed by atoms with van der Waals surface area (Å²) >= 11 is 2.86. The van der Waals surface area contributed by atoms with Crippen LogP contribution >= 0.6 is 23.1 Å². The fourth-order valence-electron chi connectivity index (χ4n) is 4.43. The van der Waals surface area contributed by atoms with Gasteiger partial charge in [0.15, 0.2) is 0 Å². The number of benzene rings is 3. The number of anilines is 1. The maximum absolute atomic E-state index is 13.9. The summed E-state index contributed by atoms with van der Waals surface area (Å²) in [4.78, 5) is 41.7. The topological polar surface area (TPSA) is 92.5 Å². The Hall–Kier alpha value is -4.39. The van der Waals surface area contributed by atoms with Gasteiger partial charge in [0.05, 0.1) is 10.1 Å². The third-order valence-electron chi connectivity index (χ3n) is 6.47. The van der Waals surface area contributed by atoms with Gasteiger partial charge in [-0.3, -0.25) is 19.3 Å². The van der Waals surface area contributed by atoms with Gasteiger partial charge in [-0.05, 0) is 60.5 Å². The summed E-state index contributed by atoms with van der Waals surface area (Å²) in [5.41, 5.74) is 7.73. The van der Waals surface area contributed by atoms with Gasteiger partial charge in [0, 0.05) is 34.7 Å². The molecular weight excluding hydrogens is 558 g/mol. The van der Waals surface area contributed by atoms with Crippen molar-refractivity contribution in [2.75, 3.05) is 11.4 Å². The van der Waals surface area contributed by atoms with Crippen LogP contribution in [0.15, 0.2) is 91.0 Å². The Labute approximate surface area is 245 Å². The second kappa shape index (κ2) is 12.9. The molecule has 2 atom stereocenters. The van der Waals surface area contributed by atoms with Crippen molar-refractivity contribution in [2.45, 2.75) is 23.5 Å². The van der Waals surface area contributed by atoms with E-state index in [9.17, 15) is 18.8 Å². The maximum Gasteiger partial charge on any atom is 0.248 e. The number of nitrogens with zero attached hydrogens (tertiary/aromatic N) is 1. The third-order valence-corrected chi connectivity index (χ3v) is 9.09. The Morgan fingerprint density at radius 3 is 2.51 bits per heavy atom. The Morgan fingerprint density at radius 2 is 1.73 bits per heavy atom. The van der Waals surface area contributed by atoms with Crippen LogP contribution in [0.25, 0.3) is 0 Å². The Kier molecular flexibility index (Phi) is 8.82. The highest BCUT2D eigenvalue weighted by molar-refractivity contribution is 8.01. The van der Waals surface area contributed by atoms with Crippen LogP contribution in [0.5, 0.6) is 0 Å². The second-order valence-electron chi connectivity index (χ2n) is 9.31. The fraction of sp³-hybridized carbons (Fsp3) is 0.156. The molecule has 1 saturated heterocycles. The minimum Gasteiger partial charge on any atom is -0.366 e. The van der Waals surface area contributed by atoms with Crippen molar-refractivity contribution in [2.24, 2.45) is 5.73 Å². The molecule has 4 aromatic rings. The first kappa shape index (κ1) is 28.1. The zero-order valence-corrected chi connectivity index (χ0v) is 23.5. The molecule has 6 nitrogen and oxygen atoms in total. The Bertz CT molecular complexity index is 1640. The molecule has 1 aliphatic heterocycles. The fourth-order valence-corrected chi connectivity index (χ4v) is 6.93. The number of thiophene rings is 1. The van der Waals surface area contributed by atoms with Gasteiger partial charge < -0.3 is 11.1 Å². The van der Waals surface area contributed by atoms with E-state index >= 15 is 0 Å². The van der Waals surface area contributed by atoms with E-state index in [0.717, 1.165) is 15.3 Å². The monoisotopic (exact) mass is 583 g/mol. The quantitative estimate of drug-likeness (QED) is 0.276. The standard InChI is InChI=1S/C32H26FN3O3S2/c33-26-12-5-4-9-22(26)17-18-35-29(37)20-28-31(39)36(24-11-6-10-23(19-24)30(34)38)32(41-28)27-16-15-25(40-27)14-13-21-7-2-1-3-8-21/h1-12,15-16,19,28,32H,17-18,20H2,(H2,34,38)(H,35,37). The molecule has 3 N–H and O–H groups in total. The molecule has 0 bridgehead atoms. The lowest BCUT2D eigenvalue weighted by Crippen LogP contribution is -2.34. The number of primary amides is 1. The summed E-state index contributed by atoms with van der Waals surface area (Å²) in [6.45, 7) is 0.257. The van der Waals surface area contributed by atoms with Crippen LogP contribution in [0.3, 0.4) is 0 Å². The van der Waals surface area contributed by atoms with Gasteiger partial charge in [0.2, 0.25) is 17.7 Å². The van der Waals surface area contributed by atoms with Crippen molar-refractivity contribution < 1.29 is 18.8 Å². The zero-order valence-electron chi connectivity index (χ0n) is 21.9. The molecule has 2 heterocycles. The largest absolute Gasteiger partial charge is 0.366 e. The van der Waals surface area contributed by atoms with Crippen LogP contribution in [-0.2, 0) is 16.0 Å². The van der Waals surface area contributed by atoms with Gasteiger partial charge in [-0.25, -0.2) is 4.39 Å². The lowest BCUT2D eigenvalue weighted by atomic mass is 10.1. The van der Waals surface area contributed by atoms with Crippen LogP contribution in [0.1, 0.15) is 43.0 Å². The number of nitrogens with two attached hydrogens (primary N) is 1. The third kappa shape index (κ3) is 6.85. The van der Waals surface area contributed by atoms with E-state index in [1.165, 1.54) is 29.2 Å². The van der Waals surface area contributed by atoms with Crippen molar-refractivity contribution >= 4 is 46.5 Å². The first-order valence-electron chi connectivity index (χ1n) is 12.9. The summed E-state index contributed by atoms with van der Waals surface area (Å²) in [5.74, 6) is 4.89. The van der Waals surface area contributed by atoms with Crippen LogP contribution in [0.4, 0.5) is 10.1 Å². The molecule has 206 valence electrons. The highest BCUT2D eigenvalue weighted by Crippen LogP contribution is 2.48. The highest BCUT2D eigenvalue weighted by Gasteiger charge is 2.43. The highest BCUT2D eigenvalue weighted by atomic mass is 32.2. The average Bonchev–Trinajstić information content (AvgIpc) is 3.58. The SMILES string of the molecule is NC(=O)c1cccc(N2C(=O)C(CC(=O)NCCc3ccccc3F)SC2c2ccc(C#Cc3ccccc3)s2)c1. The lowest BCUT2D eigenvalue weighted by Gasteiger charge is -2.23. The van der Waals surface area contributed by atoms with Crippen molar-refractivity contribution in [1.82, 2.24) is 5.32 Å². The summed E-state index contributed by atoms with van der Waals surface area (Å²) in [7, 11) is 0. The maximum atomic E-state index is 13.9. The molecule has 41 heavy (non-hydrogen) atoms. The van der Waals surface area contributed by atoms with E-state index in [2.05, 4.69) is 17.2 Å². The van der Waals surface area contributed by atoms with Crippen molar-refractivity contribution in [1.29, 1.82) is 0 Å². The van der Waals surface area contributed by atoms with E-state index in [1.54, 1.807) is 47.4 Å². The average molecular weight is 584 g/mol. The van der Waals surface area contributed by atoms with Gasteiger partial charge in [-0.2, -0.15) is 0 Å². The number of halogens is 1. The predicted molar refractivity (Wildman–Crippen MR) is 161 cm³/mol. The zero-order chi connectivity index (χ0) is 28.8. The second-order valence-corrected chi connectivity index (χ2v) is 11.7. The van der Waals surface area contributed by atoms with E-state index in [-0.39, 0.29) is 36.2 Å². The number of rotatable bonds is 8. The number of hydrogen-bond donors (Lipinski definition) is 2. The van der Waals surface area contributed by atoms with E-state index in [0.29, 0.717) is 17.7 Å². The molecule has 0 saturated carbocycles. The van der Waals surface area contributed by atoms with Crippen molar-refractivity contribution in [3.63, 3.8) is 0 Å². The smallest absolute Gasteiger partial charge is 0.248 e. The molecule has 0 aliphatic carbocycles. The first-order valence-corrected chi connectivity index (χ1v) is 14.7. The number of carbonyl (C=O) groups excluding carboxylic acids is 3. The van der Waals surface area contributed by atoms with Gasteiger partial charge in [-0.15, -0.1) is 23.1 Å².